The molecule has 0 bridgehead atoms. The molecule has 6 heteroatoms. The molecule has 0 spiro atoms. The van der Waals surface area contributed by atoms with Gasteiger partial charge in [0.15, 0.2) is 0 Å². The predicted molar refractivity (Wildman–Crippen MR) is 98.0 cm³/mol. The summed E-state index contributed by atoms with van der Waals surface area (Å²) in [6.07, 6.45) is 5.91. The van der Waals surface area contributed by atoms with Crippen LogP contribution in [0.5, 0.6) is 0 Å². The van der Waals surface area contributed by atoms with Crippen LogP contribution in [0.4, 0.5) is 4.79 Å². The summed E-state index contributed by atoms with van der Waals surface area (Å²) in [5.74, 6) is 0.213. The van der Waals surface area contributed by atoms with E-state index in [1.54, 1.807) is 31.4 Å². The van der Waals surface area contributed by atoms with E-state index in [1.807, 2.05) is 28.9 Å². The first kappa shape index (κ1) is 19.2. The Balaban J connectivity index is 2.04. The Hall–Kier alpha value is -2.11. The van der Waals surface area contributed by atoms with Crippen molar-refractivity contribution in [1.82, 2.24) is 19.7 Å². The molecule has 1 aliphatic heterocycles. The molecule has 0 unspecified atom stereocenters. The van der Waals surface area contributed by atoms with Gasteiger partial charge in [-0.1, -0.05) is 6.92 Å². The van der Waals surface area contributed by atoms with Gasteiger partial charge in [0.05, 0.1) is 6.04 Å². The van der Waals surface area contributed by atoms with Gasteiger partial charge in [-0.2, -0.15) is 0 Å². The van der Waals surface area contributed by atoms with Crippen molar-refractivity contribution < 1.29 is 9.59 Å². The molecule has 0 N–H and O–H groups in total. The van der Waals surface area contributed by atoms with E-state index in [0.717, 1.165) is 24.8 Å². The number of aromatic nitrogens is 1. The number of rotatable bonds is 5. The SMILES string of the molecule is CC[C@H](c1ccncc1)N(CC)C(=O)C1CCN(C(=O)N(C)C)CC1. The second kappa shape index (κ2) is 8.83. The van der Waals surface area contributed by atoms with Gasteiger partial charge in [-0.3, -0.25) is 9.78 Å². The molecule has 1 saturated heterocycles. The Morgan fingerprint density at radius 2 is 1.80 bits per heavy atom. The van der Waals surface area contributed by atoms with Crippen molar-refractivity contribution in [3.63, 3.8) is 0 Å². The maximum absolute atomic E-state index is 13.1. The first-order valence-corrected chi connectivity index (χ1v) is 9.16. The fraction of sp³-hybridized carbons (Fsp3) is 0.632. The fourth-order valence-electron chi connectivity index (χ4n) is 3.59. The lowest BCUT2D eigenvalue weighted by Gasteiger charge is -2.37. The van der Waals surface area contributed by atoms with Gasteiger partial charge in [0.25, 0.3) is 0 Å². The molecule has 138 valence electrons. The van der Waals surface area contributed by atoms with Crippen molar-refractivity contribution in [3.8, 4) is 0 Å². The zero-order valence-corrected chi connectivity index (χ0v) is 15.8. The van der Waals surface area contributed by atoms with Gasteiger partial charge < -0.3 is 14.7 Å². The third-order valence-electron chi connectivity index (χ3n) is 4.97. The largest absolute Gasteiger partial charge is 0.336 e. The Bertz CT molecular complexity index is 568. The lowest BCUT2D eigenvalue weighted by molar-refractivity contribution is -0.139. The van der Waals surface area contributed by atoms with E-state index >= 15 is 0 Å². The zero-order valence-electron chi connectivity index (χ0n) is 15.8. The van der Waals surface area contributed by atoms with Crippen LogP contribution < -0.4 is 0 Å². The minimum absolute atomic E-state index is 0.00190. The summed E-state index contributed by atoms with van der Waals surface area (Å²) in [6, 6.07) is 4.09. The average Bonchev–Trinajstić information content (AvgIpc) is 2.65. The number of hydrogen-bond donors (Lipinski definition) is 0. The monoisotopic (exact) mass is 346 g/mol. The van der Waals surface area contributed by atoms with Crippen molar-refractivity contribution in [1.29, 1.82) is 0 Å². The molecule has 0 aliphatic carbocycles. The number of pyridine rings is 1. The number of hydrogen-bond acceptors (Lipinski definition) is 3. The van der Waals surface area contributed by atoms with E-state index in [-0.39, 0.29) is 23.9 Å². The van der Waals surface area contributed by atoms with E-state index in [0.29, 0.717) is 19.6 Å². The Labute approximate surface area is 150 Å². The molecule has 25 heavy (non-hydrogen) atoms. The van der Waals surface area contributed by atoms with Crippen molar-refractivity contribution in [2.75, 3.05) is 33.7 Å². The Morgan fingerprint density at radius 1 is 1.20 bits per heavy atom. The fourth-order valence-corrected chi connectivity index (χ4v) is 3.59. The van der Waals surface area contributed by atoms with E-state index < -0.39 is 0 Å². The highest BCUT2D eigenvalue weighted by Crippen LogP contribution is 2.28. The molecule has 1 atom stereocenters. The van der Waals surface area contributed by atoms with Crippen LogP contribution in [0.3, 0.4) is 0 Å². The number of urea groups is 1. The molecule has 1 aromatic heterocycles. The molecular formula is C19H30N4O2. The topological polar surface area (TPSA) is 56.8 Å². The lowest BCUT2D eigenvalue weighted by Crippen LogP contribution is -2.47. The highest BCUT2D eigenvalue weighted by molar-refractivity contribution is 5.80. The molecule has 1 fully saturated rings. The van der Waals surface area contributed by atoms with Crippen molar-refractivity contribution >= 4 is 11.9 Å². The number of carbonyl (C=O) groups excluding carboxylic acids is 2. The van der Waals surface area contributed by atoms with Crippen molar-refractivity contribution in [3.05, 3.63) is 30.1 Å². The first-order chi connectivity index (χ1) is 12.0. The molecule has 1 aromatic rings. The standard InChI is InChI=1S/C19H30N4O2/c1-5-17(15-7-11-20-12-8-15)23(6-2)18(24)16-9-13-22(14-10-16)19(25)21(3)4/h7-8,11-12,16-17H,5-6,9-10,13-14H2,1-4H3/t17-/m1/s1. The number of nitrogens with zero attached hydrogens (tertiary/aromatic N) is 4. The smallest absolute Gasteiger partial charge is 0.319 e. The predicted octanol–water partition coefficient (Wildman–Crippen LogP) is 2.77. The van der Waals surface area contributed by atoms with E-state index in [4.69, 9.17) is 0 Å². The minimum Gasteiger partial charge on any atom is -0.336 e. The minimum atomic E-state index is 0.00190. The highest BCUT2D eigenvalue weighted by atomic mass is 16.2. The first-order valence-electron chi connectivity index (χ1n) is 9.16. The molecule has 1 aliphatic rings. The Morgan fingerprint density at radius 3 is 2.28 bits per heavy atom. The molecule has 2 heterocycles. The van der Waals surface area contributed by atoms with Gasteiger partial charge in [0, 0.05) is 52.0 Å². The van der Waals surface area contributed by atoms with Gasteiger partial charge in [-0.15, -0.1) is 0 Å². The molecule has 0 radical (unpaired) electrons. The highest BCUT2D eigenvalue weighted by Gasteiger charge is 2.32. The molecule has 3 amide bonds. The third-order valence-corrected chi connectivity index (χ3v) is 4.97. The van der Waals surface area contributed by atoms with Gasteiger partial charge in [-0.25, -0.2) is 4.79 Å². The molecule has 2 rings (SSSR count). The van der Waals surface area contributed by atoms with Crippen LogP contribution in [0, 0.1) is 5.92 Å². The summed E-state index contributed by atoms with van der Waals surface area (Å²) < 4.78 is 0. The summed E-state index contributed by atoms with van der Waals surface area (Å²) in [7, 11) is 3.53. The normalized spacial score (nSPS) is 16.4. The van der Waals surface area contributed by atoms with Crippen LogP contribution in [-0.4, -0.2) is 65.4 Å². The molecule has 0 aromatic carbocycles. The third kappa shape index (κ3) is 4.50. The zero-order chi connectivity index (χ0) is 18.4. The van der Waals surface area contributed by atoms with E-state index in [2.05, 4.69) is 11.9 Å². The summed E-state index contributed by atoms with van der Waals surface area (Å²) in [5, 5.41) is 0. The van der Waals surface area contributed by atoms with E-state index in [9.17, 15) is 9.59 Å². The number of carbonyl (C=O) groups is 2. The van der Waals surface area contributed by atoms with Gasteiger partial charge >= 0.3 is 6.03 Å². The Kier molecular flexibility index (Phi) is 6.79. The van der Waals surface area contributed by atoms with Crippen LogP contribution in [0.2, 0.25) is 0 Å². The van der Waals surface area contributed by atoms with Gasteiger partial charge in [0.1, 0.15) is 0 Å². The molecule has 0 saturated carbocycles. The van der Waals surface area contributed by atoms with Crippen LogP contribution in [0.15, 0.2) is 24.5 Å². The number of likely N-dealkylation sites (tertiary alicyclic amines) is 1. The summed E-state index contributed by atoms with van der Waals surface area (Å²) in [6.45, 7) is 6.14. The van der Waals surface area contributed by atoms with Crippen LogP contribution in [0.25, 0.3) is 0 Å². The summed E-state index contributed by atoms with van der Waals surface area (Å²) in [4.78, 5) is 34.7. The maximum Gasteiger partial charge on any atom is 0.319 e. The maximum atomic E-state index is 13.1. The number of amides is 3. The van der Waals surface area contributed by atoms with Gasteiger partial charge in [-0.05, 0) is 43.9 Å². The second-order valence-electron chi connectivity index (χ2n) is 6.77. The summed E-state index contributed by atoms with van der Waals surface area (Å²) in [5.41, 5.74) is 1.13. The molecular weight excluding hydrogens is 316 g/mol. The summed E-state index contributed by atoms with van der Waals surface area (Å²) >= 11 is 0. The van der Waals surface area contributed by atoms with Crippen molar-refractivity contribution in [2.45, 2.75) is 39.2 Å². The number of piperidine rings is 1. The average molecular weight is 346 g/mol. The van der Waals surface area contributed by atoms with Crippen molar-refractivity contribution in [2.24, 2.45) is 5.92 Å². The van der Waals surface area contributed by atoms with Crippen LogP contribution in [-0.2, 0) is 4.79 Å². The molecule has 6 nitrogen and oxygen atoms in total. The van der Waals surface area contributed by atoms with Gasteiger partial charge in [0.2, 0.25) is 5.91 Å². The van der Waals surface area contributed by atoms with E-state index in [1.165, 1.54) is 0 Å². The quantitative estimate of drug-likeness (QED) is 0.824. The van der Waals surface area contributed by atoms with Crippen LogP contribution >= 0.6 is 0 Å². The van der Waals surface area contributed by atoms with Crippen LogP contribution in [0.1, 0.15) is 44.7 Å². The second-order valence-corrected chi connectivity index (χ2v) is 6.77. The lowest BCUT2D eigenvalue weighted by atomic mass is 9.93.